The Balaban J connectivity index is 1.47. The van der Waals surface area contributed by atoms with Crippen LogP contribution in [0, 0.1) is 0 Å². The van der Waals surface area contributed by atoms with E-state index in [0.29, 0.717) is 0 Å². The van der Waals surface area contributed by atoms with Gasteiger partial charge in [0.25, 0.3) is 0 Å². The second kappa shape index (κ2) is 6.54. The fraction of sp³-hybridized carbons (Fsp3) is 0.500. The highest BCUT2D eigenvalue weighted by Crippen LogP contribution is 2.11. The zero-order valence-electron chi connectivity index (χ0n) is 11.4. The van der Waals surface area contributed by atoms with Crippen molar-refractivity contribution in [1.29, 1.82) is 0 Å². The molecule has 0 bridgehead atoms. The first-order valence-corrected chi connectivity index (χ1v) is 7.33. The summed E-state index contributed by atoms with van der Waals surface area (Å²) < 4.78 is 7.29. The molecule has 3 heterocycles. The Hall–Kier alpha value is -1.14. The molecule has 5 nitrogen and oxygen atoms in total. The number of morpholine rings is 1. The summed E-state index contributed by atoms with van der Waals surface area (Å²) in [7, 11) is 0. The minimum absolute atomic E-state index is 0.724. The maximum atomic E-state index is 5.96. The second-order valence-corrected chi connectivity index (χ2v) is 5.41. The highest BCUT2D eigenvalue weighted by atomic mass is 35.5. The maximum Gasteiger partial charge on any atom is 0.137 e. The van der Waals surface area contributed by atoms with Crippen molar-refractivity contribution in [3.05, 3.63) is 35.2 Å². The average Bonchev–Trinajstić information content (AvgIpc) is 2.86. The summed E-state index contributed by atoms with van der Waals surface area (Å²) in [4.78, 5) is 6.96. The quantitative estimate of drug-likeness (QED) is 0.847. The third-order valence-electron chi connectivity index (χ3n) is 3.48. The van der Waals surface area contributed by atoms with Crippen molar-refractivity contribution in [2.75, 3.05) is 39.4 Å². The molecule has 0 aromatic carbocycles. The zero-order valence-corrected chi connectivity index (χ0v) is 12.1. The number of aromatic nitrogens is 2. The van der Waals surface area contributed by atoms with Gasteiger partial charge >= 0.3 is 0 Å². The van der Waals surface area contributed by atoms with Crippen molar-refractivity contribution in [2.45, 2.75) is 6.54 Å². The average molecular weight is 295 g/mol. The lowest BCUT2D eigenvalue weighted by atomic mass is 10.4. The van der Waals surface area contributed by atoms with E-state index in [0.717, 1.165) is 62.3 Å². The lowest BCUT2D eigenvalue weighted by Gasteiger charge is -2.26. The van der Waals surface area contributed by atoms with Crippen LogP contribution in [0.1, 0.15) is 5.69 Å². The van der Waals surface area contributed by atoms with E-state index in [4.69, 9.17) is 16.3 Å². The number of hydrogen-bond donors (Lipinski definition) is 1. The van der Waals surface area contributed by atoms with Gasteiger partial charge in [0.05, 0.1) is 23.9 Å². The lowest BCUT2D eigenvalue weighted by molar-refractivity contribution is 0.0384. The number of rotatable bonds is 5. The Labute approximate surface area is 123 Å². The first-order valence-electron chi connectivity index (χ1n) is 6.95. The molecule has 1 saturated heterocycles. The number of imidazole rings is 1. The van der Waals surface area contributed by atoms with Crippen LogP contribution in [0.5, 0.6) is 0 Å². The van der Waals surface area contributed by atoms with Gasteiger partial charge in [-0.1, -0.05) is 11.6 Å². The van der Waals surface area contributed by atoms with Gasteiger partial charge in [-0.3, -0.25) is 4.90 Å². The van der Waals surface area contributed by atoms with Crippen LogP contribution >= 0.6 is 11.6 Å². The summed E-state index contributed by atoms with van der Waals surface area (Å²) in [5, 5.41) is 4.16. The molecule has 20 heavy (non-hydrogen) atoms. The molecule has 2 aromatic rings. The second-order valence-electron chi connectivity index (χ2n) is 4.98. The summed E-state index contributed by atoms with van der Waals surface area (Å²) in [6.45, 7) is 6.59. The van der Waals surface area contributed by atoms with Crippen LogP contribution in [0.4, 0.5) is 0 Å². The molecule has 2 aromatic heterocycles. The molecule has 0 radical (unpaired) electrons. The van der Waals surface area contributed by atoms with Gasteiger partial charge in [0.2, 0.25) is 0 Å². The largest absolute Gasteiger partial charge is 0.379 e. The van der Waals surface area contributed by atoms with Crippen LogP contribution in [0.15, 0.2) is 24.5 Å². The van der Waals surface area contributed by atoms with Crippen LogP contribution < -0.4 is 5.32 Å². The molecule has 1 aliphatic heterocycles. The molecule has 0 unspecified atom stereocenters. The fourth-order valence-corrected chi connectivity index (χ4v) is 2.55. The van der Waals surface area contributed by atoms with E-state index in [1.807, 2.05) is 28.9 Å². The normalized spacial score (nSPS) is 16.9. The molecule has 0 atom stereocenters. The van der Waals surface area contributed by atoms with Crippen LogP contribution in [0.3, 0.4) is 0 Å². The Morgan fingerprint density at radius 2 is 2.10 bits per heavy atom. The summed E-state index contributed by atoms with van der Waals surface area (Å²) in [6.07, 6.45) is 3.89. The fourth-order valence-electron chi connectivity index (χ4n) is 2.38. The summed E-state index contributed by atoms with van der Waals surface area (Å²) in [5.41, 5.74) is 1.97. The molecule has 3 rings (SSSR count). The Morgan fingerprint density at radius 1 is 1.25 bits per heavy atom. The van der Waals surface area contributed by atoms with E-state index in [1.165, 1.54) is 0 Å². The topological polar surface area (TPSA) is 41.8 Å². The molecule has 0 amide bonds. The van der Waals surface area contributed by atoms with E-state index in [1.54, 1.807) is 0 Å². The Bertz CT molecular complexity index is 565. The number of nitrogens with one attached hydrogen (secondary N) is 1. The van der Waals surface area contributed by atoms with Crippen molar-refractivity contribution in [1.82, 2.24) is 19.6 Å². The summed E-state index contributed by atoms with van der Waals surface area (Å²) in [5.74, 6) is 0. The summed E-state index contributed by atoms with van der Waals surface area (Å²) in [6, 6.07) is 3.79. The van der Waals surface area contributed by atoms with E-state index in [-0.39, 0.29) is 0 Å². The van der Waals surface area contributed by atoms with Gasteiger partial charge in [0, 0.05) is 45.1 Å². The van der Waals surface area contributed by atoms with Crippen LogP contribution in [-0.4, -0.2) is 53.7 Å². The third kappa shape index (κ3) is 3.49. The monoisotopic (exact) mass is 294 g/mol. The number of ether oxygens (including phenoxy) is 1. The lowest BCUT2D eigenvalue weighted by Crippen LogP contribution is -2.40. The van der Waals surface area contributed by atoms with Crippen molar-refractivity contribution in [2.24, 2.45) is 0 Å². The molecule has 1 N–H and O–H groups in total. The first-order chi connectivity index (χ1) is 9.81. The Kier molecular flexibility index (Phi) is 4.52. The van der Waals surface area contributed by atoms with Crippen LogP contribution in [-0.2, 0) is 11.3 Å². The standard InChI is InChI=1S/C14H19ClN4O/c15-12-1-2-14-17-13(11-19(14)10-12)9-16-3-4-18-5-7-20-8-6-18/h1-2,10-11,16H,3-9H2. The van der Waals surface area contributed by atoms with E-state index in [2.05, 4.69) is 15.2 Å². The highest BCUT2D eigenvalue weighted by molar-refractivity contribution is 6.30. The third-order valence-corrected chi connectivity index (χ3v) is 3.70. The molecule has 6 heteroatoms. The molecule has 108 valence electrons. The highest BCUT2D eigenvalue weighted by Gasteiger charge is 2.09. The van der Waals surface area contributed by atoms with Crippen molar-refractivity contribution in [3.8, 4) is 0 Å². The van der Waals surface area contributed by atoms with Crippen molar-refractivity contribution >= 4 is 17.2 Å². The molecule has 0 spiro atoms. The van der Waals surface area contributed by atoms with Crippen molar-refractivity contribution < 1.29 is 4.74 Å². The molecular formula is C14H19ClN4O. The smallest absolute Gasteiger partial charge is 0.137 e. The van der Waals surface area contributed by atoms with Gasteiger partial charge in [-0.15, -0.1) is 0 Å². The van der Waals surface area contributed by atoms with Gasteiger partial charge in [-0.05, 0) is 12.1 Å². The van der Waals surface area contributed by atoms with Gasteiger partial charge in [0.15, 0.2) is 0 Å². The predicted molar refractivity (Wildman–Crippen MR) is 79.2 cm³/mol. The first kappa shape index (κ1) is 13.8. The number of halogens is 1. The summed E-state index contributed by atoms with van der Waals surface area (Å²) >= 11 is 5.96. The number of hydrogen-bond acceptors (Lipinski definition) is 4. The van der Waals surface area contributed by atoms with Gasteiger partial charge in [-0.25, -0.2) is 4.98 Å². The van der Waals surface area contributed by atoms with Gasteiger partial charge in [-0.2, -0.15) is 0 Å². The molecule has 0 aliphatic carbocycles. The van der Waals surface area contributed by atoms with Crippen LogP contribution in [0.25, 0.3) is 5.65 Å². The Morgan fingerprint density at radius 3 is 2.95 bits per heavy atom. The number of nitrogens with zero attached hydrogens (tertiary/aromatic N) is 3. The van der Waals surface area contributed by atoms with Gasteiger partial charge < -0.3 is 14.5 Å². The predicted octanol–water partition coefficient (Wildman–Crippen LogP) is 1.41. The SMILES string of the molecule is Clc1ccc2nc(CNCCN3CCOCC3)cn2c1. The van der Waals surface area contributed by atoms with E-state index >= 15 is 0 Å². The zero-order chi connectivity index (χ0) is 13.8. The number of pyridine rings is 1. The molecular weight excluding hydrogens is 276 g/mol. The van der Waals surface area contributed by atoms with Crippen molar-refractivity contribution in [3.63, 3.8) is 0 Å². The number of fused-ring (bicyclic) bond motifs is 1. The van der Waals surface area contributed by atoms with E-state index < -0.39 is 0 Å². The minimum Gasteiger partial charge on any atom is -0.379 e. The molecule has 0 saturated carbocycles. The van der Waals surface area contributed by atoms with E-state index in [9.17, 15) is 0 Å². The molecule has 1 fully saturated rings. The van der Waals surface area contributed by atoms with Crippen LogP contribution in [0.2, 0.25) is 5.02 Å². The molecule has 1 aliphatic rings. The minimum atomic E-state index is 0.724. The maximum absolute atomic E-state index is 5.96. The van der Waals surface area contributed by atoms with Gasteiger partial charge in [0.1, 0.15) is 5.65 Å².